The average Bonchev–Trinajstić information content (AvgIpc) is 3.18. The molecule has 0 aliphatic rings. The number of benzene rings is 7. The van der Waals surface area contributed by atoms with E-state index < -0.39 is 0 Å². The molecule has 0 unspecified atom stereocenters. The second kappa shape index (κ2) is 14.1. The second-order valence-corrected chi connectivity index (χ2v) is 12.5. The number of carbonyl (C=O) groups excluding carboxylic acids is 1. The van der Waals surface area contributed by atoms with Crippen molar-refractivity contribution in [1.82, 2.24) is 0 Å². The average molecular weight is 646 g/mol. The standard InChI is InChI=1S/C48H39NO/c1-5-40-41(6-2)48(44-20-14-13-19-43(44)47(40)37-25-21-35(22-26-37)34-16-9-8-10-17-34)38-27-23-36(24-28-38)39-29-30-46(49(7-3)32-50)45(31-39)42-18-12-11-15-33(42)4/h5-6,8-32H,1-2,7H2,3-4H3. The minimum Gasteiger partial charge on any atom is -0.315 e. The third kappa shape index (κ3) is 5.86. The first kappa shape index (κ1) is 32.3. The van der Waals surface area contributed by atoms with Crippen LogP contribution in [0.15, 0.2) is 159 Å². The van der Waals surface area contributed by atoms with Gasteiger partial charge in [0, 0.05) is 12.1 Å². The molecule has 7 aromatic carbocycles. The molecule has 0 atom stereocenters. The molecule has 0 N–H and O–H groups in total. The van der Waals surface area contributed by atoms with Crippen LogP contribution < -0.4 is 4.90 Å². The molecule has 7 aromatic rings. The number of rotatable bonds is 10. The highest BCUT2D eigenvalue weighted by molar-refractivity contribution is 6.11. The van der Waals surface area contributed by atoms with E-state index in [1.165, 1.54) is 27.5 Å². The summed E-state index contributed by atoms with van der Waals surface area (Å²) in [5, 5.41) is 2.34. The molecule has 0 aliphatic carbocycles. The van der Waals surface area contributed by atoms with Crippen LogP contribution in [-0.4, -0.2) is 13.0 Å². The number of hydrogen-bond donors (Lipinski definition) is 0. The van der Waals surface area contributed by atoms with Gasteiger partial charge in [-0.1, -0.05) is 159 Å². The van der Waals surface area contributed by atoms with Crippen LogP contribution in [0.4, 0.5) is 5.69 Å². The maximum atomic E-state index is 12.0. The van der Waals surface area contributed by atoms with E-state index in [2.05, 4.69) is 154 Å². The van der Waals surface area contributed by atoms with Gasteiger partial charge in [0.05, 0.1) is 5.69 Å². The number of fused-ring (bicyclic) bond motifs is 1. The molecule has 0 saturated carbocycles. The SMILES string of the molecule is C=Cc1c(C=C)c(-c2ccc(-c3ccc(N(C=O)CC)c(-c4ccccc4C)c3)cc2)c2ccccc2c1-c1ccc(-c2ccccc2)cc1. The summed E-state index contributed by atoms with van der Waals surface area (Å²) in [5.41, 5.74) is 15.5. The quantitative estimate of drug-likeness (QED) is 0.136. The summed E-state index contributed by atoms with van der Waals surface area (Å²) in [6, 6.07) is 51.4. The molecule has 0 aliphatic heterocycles. The molecule has 0 fully saturated rings. The fourth-order valence-corrected chi connectivity index (χ4v) is 7.17. The van der Waals surface area contributed by atoms with Crippen molar-refractivity contribution in [2.24, 2.45) is 0 Å². The normalized spacial score (nSPS) is 10.9. The van der Waals surface area contributed by atoms with Gasteiger partial charge < -0.3 is 4.90 Å². The van der Waals surface area contributed by atoms with E-state index in [-0.39, 0.29) is 0 Å². The molecule has 2 heteroatoms. The van der Waals surface area contributed by atoms with Crippen LogP contribution in [0.3, 0.4) is 0 Å². The maximum Gasteiger partial charge on any atom is 0.214 e. The van der Waals surface area contributed by atoms with Gasteiger partial charge in [0.1, 0.15) is 0 Å². The van der Waals surface area contributed by atoms with E-state index in [1.807, 2.05) is 31.2 Å². The number of nitrogens with zero attached hydrogens (tertiary/aromatic N) is 1. The highest BCUT2D eigenvalue weighted by Crippen LogP contribution is 2.44. The Morgan fingerprint density at radius 1 is 0.520 bits per heavy atom. The van der Waals surface area contributed by atoms with Gasteiger partial charge in [-0.3, -0.25) is 4.79 Å². The Hall–Kier alpha value is -6.25. The summed E-state index contributed by atoms with van der Waals surface area (Å²) in [6.45, 7) is 13.3. The summed E-state index contributed by atoms with van der Waals surface area (Å²) in [6.07, 6.45) is 4.85. The lowest BCUT2D eigenvalue weighted by atomic mass is 9.83. The summed E-state index contributed by atoms with van der Waals surface area (Å²) in [7, 11) is 0. The van der Waals surface area contributed by atoms with Crippen molar-refractivity contribution >= 4 is 35.0 Å². The van der Waals surface area contributed by atoms with E-state index >= 15 is 0 Å². The molecule has 0 spiro atoms. The van der Waals surface area contributed by atoms with Crippen LogP contribution in [0, 0.1) is 6.92 Å². The molecule has 0 saturated heterocycles. The molecule has 2 nitrogen and oxygen atoms in total. The van der Waals surface area contributed by atoms with Crippen molar-refractivity contribution in [1.29, 1.82) is 0 Å². The van der Waals surface area contributed by atoms with Crippen LogP contribution in [0.25, 0.3) is 78.6 Å². The third-order valence-electron chi connectivity index (χ3n) is 9.70. The van der Waals surface area contributed by atoms with Gasteiger partial charge in [-0.15, -0.1) is 0 Å². The minimum atomic E-state index is 0.598. The monoisotopic (exact) mass is 645 g/mol. The minimum absolute atomic E-state index is 0.598. The molecule has 50 heavy (non-hydrogen) atoms. The van der Waals surface area contributed by atoms with E-state index in [0.717, 1.165) is 67.7 Å². The maximum absolute atomic E-state index is 12.0. The smallest absolute Gasteiger partial charge is 0.214 e. The van der Waals surface area contributed by atoms with Crippen molar-refractivity contribution in [3.05, 3.63) is 175 Å². The van der Waals surface area contributed by atoms with Gasteiger partial charge in [0.2, 0.25) is 6.41 Å². The van der Waals surface area contributed by atoms with Gasteiger partial charge in [0.15, 0.2) is 0 Å². The predicted molar refractivity (Wildman–Crippen MR) is 215 cm³/mol. The lowest BCUT2D eigenvalue weighted by molar-refractivity contribution is -0.107. The lowest BCUT2D eigenvalue weighted by Crippen LogP contribution is -2.20. The molecule has 0 radical (unpaired) electrons. The van der Waals surface area contributed by atoms with Gasteiger partial charge in [-0.25, -0.2) is 0 Å². The zero-order valence-electron chi connectivity index (χ0n) is 28.6. The highest BCUT2D eigenvalue weighted by atomic mass is 16.1. The number of aryl methyl sites for hydroxylation is 1. The molecule has 242 valence electrons. The zero-order chi connectivity index (χ0) is 34.6. The summed E-state index contributed by atoms with van der Waals surface area (Å²) < 4.78 is 0. The molecular weight excluding hydrogens is 607 g/mol. The second-order valence-electron chi connectivity index (χ2n) is 12.5. The van der Waals surface area contributed by atoms with Crippen LogP contribution >= 0.6 is 0 Å². The molecular formula is C48H39NO. The van der Waals surface area contributed by atoms with Crippen molar-refractivity contribution in [3.8, 4) is 55.6 Å². The Morgan fingerprint density at radius 2 is 0.980 bits per heavy atom. The molecule has 0 bridgehead atoms. The topological polar surface area (TPSA) is 20.3 Å². The summed E-state index contributed by atoms with van der Waals surface area (Å²) in [5.74, 6) is 0. The Bertz CT molecular complexity index is 2350. The Morgan fingerprint density at radius 3 is 1.50 bits per heavy atom. The first-order chi connectivity index (χ1) is 24.6. The van der Waals surface area contributed by atoms with Crippen molar-refractivity contribution in [2.45, 2.75) is 13.8 Å². The Labute approximate surface area is 295 Å². The molecule has 0 aromatic heterocycles. The van der Waals surface area contributed by atoms with Crippen LogP contribution in [0.2, 0.25) is 0 Å². The largest absolute Gasteiger partial charge is 0.315 e. The Balaban J connectivity index is 1.34. The van der Waals surface area contributed by atoms with E-state index in [4.69, 9.17) is 0 Å². The van der Waals surface area contributed by atoms with E-state index in [9.17, 15) is 4.79 Å². The van der Waals surface area contributed by atoms with Crippen LogP contribution in [0.5, 0.6) is 0 Å². The molecule has 0 heterocycles. The highest BCUT2D eigenvalue weighted by Gasteiger charge is 2.19. The first-order valence-electron chi connectivity index (χ1n) is 17.1. The lowest BCUT2D eigenvalue weighted by Gasteiger charge is -2.22. The van der Waals surface area contributed by atoms with Crippen LogP contribution in [0.1, 0.15) is 23.6 Å². The van der Waals surface area contributed by atoms with Crippen LogP contribution in [-0.2, 0) is 4.79 Å². The van der Waals surface area contributed by atoms with Gasteiger partial charge in [-0.05, 0) is 104 Å². The summed E-state index contributed by atoms with van der Waals surface area (Å²) >= 11 is 0. The van der Waals surface area contributed by atoms with Gasteiger partial charge in [-0.2, -0.15) is 0 Å². The number of amides is 1. The molecule has 7 rings (SSSR count). The number of anilines is 1. The summed E-state index contributed by atoms with van der Waals surface area (Å²) in [4.78, 5) is 13.8. The van der Waals surface area contributed by atoms with Crippen molar-refractivity contribution in [3.63, 3.8) is 0 Å². The van der Waals surface area contributed by atoms with E-state index in [1.54, 1.807) is 4.90 Å². The first-order valence-corrected chi connectivity index (χ1v) is 17.1. The fourth-order valence-electron chi connectivity index (χ4n) is 7.17. The zero-order valence-corrected chi connectivity index (χ0v) is 28.6. The van der Waals surface area contributed by atoms with Crippen molar-refractivity contribution in [2.75, 3.05) is 11.4 Å². The van der Waals surface area contributed by atoms with E-state index in [0.29, 0.717) is 6.54 Å². The molecule has 1 amide bonds. The fraction of sp³-hybridized carbons (Fsp3) is 0.0625. The number of hydrogen-bond acceptors (Lipinski definition) is 1. The van der Waals surface area contributed by atoms with Gasteiger partial charge >= 0.3 is 0 Å². The van der Waals surface area contributed by atoms with Gasteiger partial charge in [0.25, 0.3) is 0 Å². The predicted octanol–water partition coefficient (Wildman–Crippen LogP) is 12.8. The third-order valence-corrected chi connectivity index (χ3v) is 9.70. The Kier molecular flexibility index (Phi) is 9.10. The number of carbonyl (C=O) groups is 1. The van der Waals surface area contributed by atoms with Crippen molar-refractivity contribution < 1.29 is 4.79 Å².